The highest BCUT2D eigenvalue weighted by Gasteiger charge is 2.61. The van der Waals surface area contributed by atoms with Crippen LogP contribution in [0, 0.1) is 0 Å². The SMILES string of the molecule is CCOc1ccccc1Cc1cc(C2(OC)O[C@H](COC(C)=O)[C@@H](OC(C)=O)[C@H](OC(C)=O)[C@H]2OC(C)=O)ccc1Cl. The Morgan fingerprint density at radius 3 is 2.10 bits per heavy atom. The van der Waals surface area contributed by atoms with Gasteiger partial charge >= 0.3 is 23.9 Å². The van der Waals surface area contributed by atoms with Crippen molar-refractivity contribution in [2.45, 2.75) is 71.2 Å². The van der Waals surface area contributed by atoms with Crippen molar-refractivity contribution in [1.82, 2.24) is 0 Å². The van der Waals surface area contributed by atoms with Gasteiger partial charge in [-0.2, -0.15) is 0 Å². The summed E-state index contributed by atoms with van der Waals surface area (Å²) in [7, 11) is 1.31. The van der Waals surface area contributed by atoms with Gasteiger partial charge in [-0.25, -0.2) is 0 Å². The van der Waals surface area contributed by atoms with Crippen molar-refractivity contribution in [2.24, 2.45) is 0 Å². The molecule has 2 aromatic rings. The van der Waals surface area contributed by atoms with E-state index >= 15 is 0 Å². The number of hydrogen-bond donors (Lipinski definition) is 0. The molecule has 0 amide bonds. The van der Waals surface area contributed by atoms with Crippen molar-refractivity contribution in [3.63, 3.8) is 0 Å². The fourth-order valence-electron chi connectivity index (χ4n) is 4.86. The van der Waals surface area contributed by atoms with E-state index in [0.717, 1.165) is 26.3 Å². The predicted molar refractivity (Wildman–Crippen MR) is 149 cm³/mol. The Hall–Kier alpha value is -3.67. The van der Waals surface area contributed by atoms with Crippen molar-refractivity contribution in [3.05, 3.63) is 64.2 Å². The largest absolute Gasteiger partial charge is 0.494 e. The maximum absolute atomic E-state index is 12.4. The van der Waals surface area contributed by atoms with Crippen molar-refractivity contribution in [2.75, 3.05) is 20.3 Å². The van der Waals surface area contributed by atoms with Crippen molar-refractivity contribution >= 4 is 35.5 Å². The molecule has 1 aliphatic rings. The maximum atomic E-state index is 12.4. The van der Waals surface area contributed by atoms with E-state index in [1.54, 1.807) is 18.2 Å². The minimum atomic E-state index is -1.92. The van der Waals surface area contributed by atoms with Gasteiger partial charge in [0.05, 0.1) is 6.61 Å². The highest BCUT2D eigenvalue weighted by Crippen LogP contribution is 2.44. The highest BCUT2D eigenvalue weighted by molar-refractivity contribution is 6.31. The summed E-state index contributed by atoms with van der Waals surface area (Å²) in [5.41, 5.74) is 1.87. The number of methoxy groups -OCH3 is 1. The molecule has 0 saturated carbocycles. The van der Waals surface area contributed by atoms with E-state index in [1.165, 1.54) is 14.0 Å². The van der Waals surface area contributed by atoms with E-state index in [4.69, 9.17) is 44.8 Å². The molecule has 1 saturated heterocycles. The van der Waals surface area contributed by atoms with Crippen LogP contribution in [-0.4, -0.2) is 68.6 Å². The fraction of sp³-hybridized carbons (Fsp3) is 0.467. The van der Waals surface area contributed by atoms with Crippen LogP contribution in [0.25, 0.3) is 0 Å². The lowest BCUT2D eigenvalue weighted by molar-refractivity contribution is -0.367. The van der Waals surface area contributed by atoms with Gasteiger partial charge in [0.1, 0.15) is 18.5 Å². The summed E-state index contributed by atoms with van der Waals surface area (Å²) in [4.78, 5) is 48.5. The van der Waals surface area contributed by atoms with E-state index in [1.807, 2.05) is 31.2 Å². The third-order valence-corrected chi connectivity index (χ3v) is 6.81. The molecule has 11 nitrogen and oxygen atoms in total. The number of ether oxygens (including phenoxy) is 7. The number of hydrogen-bond acceptors (Lipinski definition) is 11. The zero-order valence-electron chi connectivity index (χ0n) is 24.3. The van der Waals surface area contributed by atoms with Crippen LogP contribution in [0.5, 0.6) is 5.75 Å². The molecule has 1 fully saturated rings. The van der Waals surface area contributed by atoms with Gasteiger partial charge in [0, 0.05) is 51.8 Å². The van der Waals surface area contributed by atoms with Crippen LogP contribution in [-0.2, 0) is 59.8 Å². The second-order valence-corrected chi connectivity index (χ2v) is 9.94. The Morgan fingerprint density at radius 1 is 0.857 bits per heavy atom. The van der Waals surface area contributed by atoms with Gasteiger partial charge in [0.25, 0.3) is 0 Å². The Labute approximate surface area is 249 Å². The van der Waals surface area contributed by atoms with Gasteiger partial charge < -0.3 is 33.2 Å². The Morgan fingerprint density at radius 2 is 1.50 bits per heavy atom. The molecule has 42 heavy (non-hydrogen) atoms. The van der Waals surface area contributed by atoms with Gasteiger partial charge in [0.15, 0.2) is 12.2 Å². The molecular weight excluding hydrogens is 572 g/mol. The number of para-hydroxylation sites is 1. The number of carbonyl (C=O) groups excluding carboxylic acids is 4. The summed E-state index contributed by atoms with van der Waals surface area (Å²) in [6.45, 7) is 6.62. The van der Waals surface area contributed by atoms with Gasteiger partial charge in [-0.3, -0.25) is 19.2 Å². The minimum Gasteiger partial charge on any atom is -0.494 e. The van der Waals surface area contributed by atoms with Crippen molar-refractivity contribution < 1.29 is 52.3 Å². The van der Waals surface area contributed by atoms with E-state index in [0.29, 0.717) is 34.9 Å². The van der Waals surface area contributed by atoms with Crippen LogP contribution in [0.3, 0.4) is 0 Å². The molecule has 0 bridgehead atoms. The van der Waals surface area contributed by atoms with Crippen molar-refractivity contribution in [3.8, 4) is 5.75 Å². The lowest BCUT2D eigenvalue weighted by Gasteiger charge is -2.50. The molecule has 228 valence electrons. The Balaban J connectivity index is 2.20. The van der Waals surface area contributed by atoms with Crippen molar-refractivity contribution in [1.29, 1.82) is 0 Å². The molecule has 3 rings (SSSR count). The first-order valence-corrected chi connectivity index (χ1v) is 13.7. The number of rotatable bonds is 11. The van der Waals surface area contributed by atoms with Gasteiger partial charge in [-0.15, -0.1) is 0 Å². The predicted octanol–water partition coefficient (Wildman–Crippen LogP) is 3.89. The van der Waals surface area contributed by atoms with Crippen LogP contribution >= 0.6 is 11.6 Å². The zero-order chi connectivity index (χ0) is 31.0. The van der Waals surface area contributed by atoms with Gasteiger partial charge in [-0.1, -0.05) is 35.9 Å². The molecule has 0 spiro atoms. The Kier molecular flexibility index (Phi) is 11.3. The zero-order valence-corrected chi connectivity index (χ0v) is 25.1. The summed E-state index contributed by atoms with van der Waals surface area (Å²) in [6.07, 6.45) is -5.05. The normalized spacial score (nSPS) is 23.4. The molecule has 0 N–H and O–H groups in total. The van der Waals surface area contributed by atoms with E-state index in [-0.39, 0.29) is 0 Å². The first-order valence-electron chi connectivity index (χ1n) is 13.3. The molecule has 1 unspecified atom stereocenters. The fourth-order valence-corrected chi connectivity index (χ4v) is 5.04. The van der Waals surface area contributed by atoms with Crippen LogP contribution in [0.4, 0.5) is 0 Å². The summed E-state index contributed by atoms with van der Waals surface area (Å²) >= 11 is 6.62. The average Bonchev–Trinajstić information content (AvgIpc) is 2.92. The molecular formula is C30H35ClO11. The van der Waals surface area contributed by atoms with E-state index in [2.05, 4.69) is 0 Å². The smallest absolute Gasteiger partial charge is 0.303 e. The first kappa shape index (κ1) is 32.8. The molecule has 1 heterocycles. The summed E-state index contributed by atoms with van der Waals surface area (Å²) in [5, 5.41) is 0.432. The standard InChI is InChI=1S/C30H35ClO11/c1-7-37-25-11-9-8-10-21(25)14-22-15-23(12-13-24(22)31)30(36-6)29(41-20(5)35)28(40-19(4)34)27(39-18(3)33)26(42-30)16-38-17(2)32/h8-13,15,26-29H,7,14,16H2,1-6H3/t26-,27-,28+,29-,30?/m1/s1. The number of carbonyl (C=O) groups is 4. The third kappa shape index (κ3) is 7.78. The molecule has 0 radical (unpaired) electrons. The topological polar surface area (TPSA) is 133 Å². The number of esters is 4. The van der Waals surface area contributed by atoms with Gasteiger partial charge in [0.2, 0.25) is 11.9 Å². The maximum Gasteiger partial charge on any atom is 0.303 e. The molecule has 12 heteroatoms. The molecule has 1 aliphatic heterocycles. The summed E-state index contributed by atoms with van der Waals surface area (Å²) in [5.74, 6) is -4.10. The third-order valence-electron chi connectivity index (χ3n) is 6.44. The first-order chi connectivity index (χ1) is 19.9. The lowest BCUT2D eigenvalue weighted by Crippen LogP contribution is -2.67. The lowest BCUT2D eigenvalue weighted by atomic mass is 9.86. The second kappa shape index (κ2) is 14.5. The summed E-state index contributed by atoms with van der Waals surface area (Å²) < 4.78 is 40.1. The van der Waals surface area contributed by atoms with Gasteiger partial charge in [-0.05, 0) is 36.2 Å². The van der Waals surface area contributed by atoms with E-state index in [9.17, 15) is 19.2 Å². The summed E-state index contributed by atoms with van der Waals surface area (Å²) in [6, 6.07) is 12.5. The molecule has 0 aromatic heterocycles. The van der Waals surface area contributed by atoms with E-state index < -0.39 is 60.7 Å². The van der Waals surface area contributed by atoms with Crippen LogP contribution < -0.4 is 4.74 Å². The van der Waals surface area contributed by atoms with Crippen LogP contribution in [0.2, 0.25) is 5.02 Å². The second-order valence-electron chi connectivity index (χ2n) is 9.53. The molecule has 0 aliphatic carbocycles. The van der Waals surface area contributed by atoms with Crippen LogP contribution in [0.15, 0.2) is 42.5 Å². The minimum absolute atomic E-state index is 0.343. The monoisotopic (exact) mass is 606 g/mol. The highest BCUT2D eigenvalue weighted by atomic mass is 35.5. The van der Waals surface area contributed by atoms with Crippen LogP contribution in [0.1, 0.15) is 51.3 Å². The quantitative estimate of drug-likeness (QED) is 0.272. The average molecular weight is 607 g/mol. The molecule has 2 aromatic carbocycles. The number of benzene rings is 2. The number of halogens is 1. The Bertz CT molecular complexity index is 1300. The molecule has 5 atom stereocenters.